The van der Waals surface area contributed by atoms with Gasteiger partial charge in [-0.25, -0.2) is 0 Å². The molecule has 5 heteroatoms. The van der Waals surface area contributed by atoms with E-state index in [1.165, 1.54) is 0 Å². The number of hydrogen-bond acceptors (Lipinski definition) is 4. The van der Waals surface area contributed by atoms with Crippen molar-refractivity contribution >= 4 is 13.6 Å². The van der Waals surface area contributed by atoms with Gasteiger partial charge in [-0.05, 0) is 0 Å². The quantitative estimate of drug-likeness (QED) is 0.595. The first kappa shape index (κ1) is 12.6. The molecule has 0 saturated carbocycles. The van der Waals surface area contributed by atoms with E-state index in [1.807, 2.05) is 6.08 Å². The molecule has 2 aliphatic heterocycles. The van der Waals surface area contributed by atoms with Crippen LogP contribution in [0.5, 0.6) is 0 Å². The van der Waals surface area contributed by atoms with Crippen molar-refractivity contribution in [3.8, 4) is 0 Å². The standard InChI is InChI=1S/C11H23AsN2O2/c1-6-7-12(13-10(2,3)8-15-12)14-11(4,5)9-16-12/h6,13-14H,1,7-9H2,2-5H3. The summed E-state index contributed by atoms with van der Waals surface area (Å²) in [6, 6.07) is 0. The van der Waals surface area contributed by atoms with Gasteiger partial charge in [-0.15, -0.1) is 0 Å². The monoisotopic (exact) mass is 290 g/mol. The van der Waals surface area contributed by atoms with Crippen LogP contribution in [0, 0.1) is 0 Å². The molecule has 0 atom stereocenters. The van der Waals surface area contributed by atoms with Crippen molar-refractivity contribution in [2.24, 2.45) is 0 Å². The Hall–Kier alpha value is 0.138. The predicted octanol–water partition coefficient (Wildman–Crippen LogP) is 1.36. The van der Waals surface area contributed by atoms with Gasteiger partial charge in [0.1, 0.15) is 0 Å². The van der Waals surface area contributed by atoms with E-state index in [4.69, 9.17) is 7.45 Å². The van der Waals surface area contributed by atoms with E-state index < -0.39 is 13.6 Å². The number of hydrogen-bond donors (Lipinski definition) is 2. The second-order valence-electron chi connectivity index (χ2n) is 6.14. The molecule has 2 N–H and O–H groups in total. The minimum atomic E-state index is -3.49. The summed E-state index contributed by atoms with van der Waals surface area (Å²) in [5, 5.41) is 0.755. The van der Waals surface area contributed by atoms with Gasteiger partial charge in [-0.3, -0.25) is 0 Å². The van der Waals surface area contributed by atoms with Gasteiger partial charge in [-0.1, -0.05) is 0 Å². The van der Waals surface area contributed by atoms with Gasteiger partial charge < -0.3 is 0 Å². The summed E-state index contributed by atoms with van der Waals surface area (Å²) in [5.41, 5.74) is -0.0515. The molecule has 0 aromatic rings. The number of allylic oxidation sites excluding steroid dienone is 1. The Morgan fingerprint density at radius 3 is 1.81 bits per heavy atom. The van der Waals surface area contributed by atoms with Crippen molar-refractivity contribution in [3.05, 3.63) is 12.7 Å². The van der Waals surface area contributed by atoms with Gasteiger partial charge in [-0.2, -0.15) is 0 Å². The van der Waals surface area contributed by atoms with Crippen molar-refractivity contribution in [1.29, 1.82) is 0 Å². The Morgan fingerprint density at radius 2 is 1.56 bits per heavy atom. The molecule has 1 spiro atoms. The second kappa shape index (κ2) is 3.33. The molecular weight excluding hydrogens is 267 g/mol. The van der Waals surface area contributed by atoms with Crippen LogP contribution in [0.2, 0.25) is 5.21 Å². The molecule has 0 amide bonds. The summed E-state index contributed by atoms with van der Waals surface area (Å²) >= 11 is -3.49. The molecule has 2 aliphatic rings. The van der Waals surface area contributed by atoms with E-state index in [2.05, 4.69) is 42.7 Å². The molecule has 0 unspecified atom stereocenters. The molecule has 0 bridgehead atoms. The molecule has 2 heterocycles. The van der Waals surface area contributed by atoms with Crippen LogP contribution in [0.4, 0.5) is 0 Å². The fraction of sp³-hybridized carbons (Fsp3) is 0.818. The Morgan fingerprint density at radius 1 is 1.12 bits per heavy atom. The van der Waals surface area contributed by atoms with E-state index in [9.17, 15) is 0 Å². The zero-order chi connectivity index (χ0) is 12.1. The maximum absolute atomic E-state index is 6.14. The van der Waals surface area contributed by atoms with Crippen molar-refractivity contribution in [3.63, 3.8) is 0 Å². The Balaban J connectivity index is 2.34. The van der Waals surface area contributed by atoms with Crippen LogP contribution in [0.3, 0.4) is 0 Å². The molecule has 4 nitrogen and oxygen atoms in total. The van der Waals surface area contributed by atoms with Gasteiger partial charge in [0.05, 0.1) is 0 Å². The zero-order valence-electron chi connectivity index (χ0n) is 10.7. The topological polar surface area (TPSA) is 42.5 Å². The van der Waals surface area contributed by atoms with E-state index in [-0.39, 0.29) is 11.1 Å². The first-order valence-corrected chi connectivity index (χ1v) is 10.5. The van der Waals surface area contributed by atoms with Gasteiger partial charge in [0.15, 0.2) is 0 Å². The molecule has 0 aliphatic carbocycles. The Labute approximate surface area is 99.6 Å². The normalized spacial score (nSPS) is 35.6. The number of nitrogens with one attached hydrogen (secondary N) is 2. The van der Waals surface area contributed by atoms with E-state index in [0.29, 0.717) is 13.2 Å². The van der Waals surface area contributed by atoms with Gasteiger partial charge in [0.2, 0.25) is 0 Å². The van der Waals surface area contributed by atoms with Crippen LogP contribution in [0.25, 0.3) is 0 Å². The predicted molar refractivity (Wildman–Crippen MR) is 67.1 cm³/mol. The van der Waals surface area contributed by atoms with E-state index in [1.54, 1.807) is 0 Å². The molecule has 16 heavy (non-hydrogen) atoms. The maximum atomic E-state index is 6.14. The average Bonchev–Trinajstić information content (AvgIpc) is 2.51. The van der Waals surface area contributed by atoms with E-state index >= 15 is 0 Å². The Bertz CT molecular complexity index is 302. The first-order chi connectivity index (χ1) is 7.20. The van der Waals surface area contributed by atoms with Crippen LogP contribution in [0.1, 0.15) is 27.7 Å². The fourth-order valence-corrected chi connectivity index (χ4v) is 13.0. The molecular formula is C11H23AsN2O2. The molecule has 0 radical (unpaired) electrons. The van der Waals surface area contributed by atoms with Gasteiger partial charge in [0.25, 0.3) is 0 Å². The van der Waals surface area contributed by atoms with Crippen LogP contribution in [0.15, 0.2) is 12.7 Å². The summed E-state index contributed by atoms with van der Waals surface area (Å²) in [6.45, 7) is 13.8. The molecule has 2 fully saturated rings. The van der Waals surface area contributed by atoms with Crippen LogP contribution >= 0.6 is 0 Å². The van der Waals surface area contributed by atoms with Gasteiger partial charge in [0, 0.05) is 0 Å². The molecule has 2 rings (SSSR count). The molecule has 0 aromatic heterocycles. The molecule has 94 valence electrons. The number of rotatable bonds is 2. The summed E-state index contributed by atoms with van der Waals surface area (Å²) in [5.74, 6) is 0. The third-order valence-electron chi connectivity index (χ3n) is 2.92. The van der Waals surface area contributed by atoms with Gasteiger partial charge >= 0.3 is 99.4 Å². The average molecular weight is 290 g/mol. The Kier molecular flexibility index (Phi) is 2.62. The van der Waals surface area contributed by atoms with E-state index in [0.717, 1.165) is 5.21 Å². The minimum absolute atomic E-state index is 0.0258. The SMILES string of the molecule is C=CC[As]12(NC(C)(C)CO1)NC(C)(C)CO2. The van der Waals surface area contributed by atoms with Crippen molar-refractivity contribution in [1.82, 2.24) is 8.47 Å². The summed E-state index contributed by atoms with van der Waals surface area (Å²) < 4.78 is 19.5. The first-order valence-electron chi connectivity index (χ1n) is 5.73. The molecule has 2 saturated heterocycles. The zero-order valence-corrected chi connectivity index (χ0v) is 12.5. The summed E-state index contributed by atoms with van der Waals surface area (Å²) in [4.78, 5) is 0. The second-order valence-corrected chi connectivity index (χ2v) is 13.6. The third kappa shape index (κ3) is 1.98. The fourth-order valence-electron chi connectivity index (χ4n) is 2.51. The molecule has 0 aromatic carbocycles. The van der Waals surface area contributed by atoms with Crippen molar-refractivity contribution in [2.75, 3.05) is 13.2 Å². The summed E-state index contributed by atoms with van der Waals surface area (Å²) in [7, 11) is 0. The van der Waals surface area contributed by atoms with Crippen molar-refractivity contribution in [2.45, 2.75) is 44.0 Å². The third-order valence-corrected chi connectivity index (χ3v) is 12.1. The van der Waals surface area contributed by atoms with Crippen LogP contribution in [-0.4, -0.2) is 37.9 Å². The van der Waals surface area contributed by atoms with Crippen molar-refractivity contribution < 1.29 is 7.45 Å². The van der Waals surface area contributed by atoms with Crippen LogP contribution in [-0.2, 0) is 7.45 Å². The summed E-state index contributed by atoms with van der Waals surface area (Å²) in [6.07, 6.45) is 1.90. The van der Waals surface area contributed by atoms with Crippen LogP contribution < -0.4 is 8.47 Å².